The van der Waals surface area contributed by atoms with E-state index in [1.165, 1.54) is 0 Å². The van der Waals surface area contributed by atoms with Crippen LogP contribution in [0.2, 0.25) is 0 Å². The highest BCUT2D eigenvalue weighted by molar-refractivity contribution is 5.94. The van der Waals surface area contributed by atoms with Crippen molar-refractivity contribution in [2.24, 2.45) is 4.99 Å². The summed E-state index contributed by atoms with van der Waals surface area (Å²) in [7, 11) is 3.49. The first kappa shape index (κ1) is 24.9. The van der Waals surface area contributed by atoms with Crippen molar-refractivity contribution < 1.29 is 9.59 Å². The number of unbranched alkanes of at least 4 members (excludes halogenated alkanes) is 1. The minimum Gasteiger partial charge on any atom is -0.357 e. The normalized spacial score (nSPS) is 11.1. The molecule has 0 atom stereocenters. The molecule has 0 spiro atoms. The van der Waals surface area contributed by atoms with Gasteiger partial charge in [-0.05, 0) is 48.7 Å². The summed E-state index contributed by atoms with van der Waals surface area (Å²) in [5.74, 6) is 0.660. The first-order chi connectivity index (χ1) is 15.4. The topological polar surface area (TPSA) is 85.8 Å². The van der Waals surface area contributed by atoms with Gasteiger partial charge >= 0.3 is 0 Å². The van der Waals surface area contributed by atoms with Gasteiger partial charge in [0.2, 0.25) is 0 Å². The molecule has 0 saturated heterocycles. The Bertz CT molecular complexity index is 890. The largest absolute Gasteiger partial charge is 0.357 e. The molecule has 0 bridgehead atoms. The lowest BCUT2D eigenvalue weighted by molar-refractivity contribution is 0.0827. The van der Waals surface area contributed by atoms with E-state index in [-0.39, 0.29) is 11.8 Å². The molecule has 0 heterocycles. The van der Waals surface area contributed by atoms with Crippen molar-refractivity contribution >= 4 is 17.8 Å². The molecule has 3 N–H and O–H groups in total. The Morgan fingerprint density at radius 2 is 1.47 bits per heavy atom. The van der Waals surface area contributed by atoms with Crippen molar-refractivity contribution in [2.45, 2.75) is 39.8 Å². The number of aliphatic imine (C=N–C) groups is 1. The van der Waals surface area contributed by atoms with Crippen LogP contribution in [0, 0.1) is 0 Å². The van der Waals surface area contributed by atoms with E-state index >= 15 is 0 Å². The second-order valence-corrected chi connectivity index (χ2v) is 7.75. The average Bonchev–Trinajstić information content (AvgIpc) is 2.81. The third-order valence-corrected chi connectivity index (χ3v) is 4.86. The van der Waals surface area contributed by atoms with Crippen molar-refractivity contribution in [1.82, 2.24) is 20.9 Å². The molecule has 0 aliphatic carbocycles. The van der Waals surface area contributed by atoms with Gasteiger partial charge in [-0.1, -0.05) is 37.6 Å². The second kappa shape index (κ2) is 13.1. The van der Waals surface area contributed by atoms with Gasteiger partial charge in [-0.3, -0.25) is 9.59 Å². The summed E-state index contributed by atoms with van der Waals surface area (Å²) in [6.45, 7) is 6.67. The molecule has 7 heteroatoms. The van der Waals surface area contributed by atoms with Crippen molar-refractivity contribution in [3.63, 3.8) is 0 Å². The highest BCUT2D eigenvalue weighted by atomic mass is 16.2. The molecule has 2 amide bonds. The molecule has 2 aromatic carbocycles. The lowest BCUT2D eigenvalue weighted by Gasteiger charge is -2.13. The van der Waals surface area contributed by atoms with Gasteiger partial charge in [-0.15, -0.1) is 0 Å². The number of rotatable bonds is 10. The van der Waals surface area contributed by atoms with Crippen LogP contribution < -0.4 is 16.0 Å². The lowest BCUT2D eigenvalue weighted by Crippen LogP contribution is -2.36. The van der Waals surface area contributed by atoms with E-state index in [4.69, 9.17) is 0 Å². The van der Waals surface area contributed by atoms with Gasteiger partial charge in [0, 0.05) is 44.9 Å². The smallest absolute Gasteiger partial charge is 0.253 e. The van der Waals surface area contributed by atoms with Gasteiger partial charge in [-0.25, -0.2) is 4.99 Å². The Hall–Kier alpha value is -3.35. The van der Waals surface area contributed by atoms with E-state index in [1.807, 2.05) is 55.5 Å². The van der Waals surface area contributed by atoms with Gasteiger partial charge in [0.05, 0.1) is 6.54 Å². The van der Waals surface area contributed by atoms with E-state index in [2.05, 4.69) is 27.9 Å². The highest BCUT2D eigenvalue weighted by Gasteiger charge is 2.08. The van der Waals surface area contributed by atoms with Crippen LogP contribution in [0.1, 0.15) is 58.5 Å². The molecule has 0 aromatic heterocycles. The van der Waals surface area contributed by atoms with Crippen LogP contribution in [-0.4, -0.2) is 49.9 Å². The van der Waals surface area contributed by atoms with Crippen LogP contribution >= 0.6 is 0 Å². The Morgan fingerprint density at radius 1 is 0.844 bits per heavy atom. The van der Waals surface area contributed by atoms with E-state index in [0.29, 0.717) is 36.7 Å². The second-order valence-electron chi connectivity index (χ2n) is 7.75. The van der Waals surface area contributed by atoms with Crippen LogP contribution in [-0.2, 0) is 13.1 Å². The van der Waals surface area contributed by atoms with Gasteiger partial charge in [0.1, 0.15) is 0 Å². The van der Waals surface area contributed by atoms with Crippen LogP contribution in [0.5, 0.6) is 0 Å². The maximum absolute atomic E-state index is 12.1. The number of guanidine groups is 1. The summed E-state index contributed by atoms with van der Waals surface area (Å²) in [5.41, 5.74) is 3.42. The predicted molar refractivity (Wildman–Crippen MR) is 130 cm³/mol. The fourth-order valence-corrected chi connectivity index (χ4v) is 2.96. The zero-order chi connectivity index (χ0) is 23.3. The molecule has 0 aliphatic heterocycles. The van der Waals surface area contributed by atoms with Crippen molar-refractivity contribution in [3.05, 3.63) is 70.8 Å². The van der Waals surface area contributed by atoms with Gasteiger partial charge in [0.15, 0.2) is 5.96 Å². The van der Waals surface area contributed by atoms with Crippen LogP contribution in [0.4, 0.5) is 0 Å². The molecule has 172 valence electrons. The van der Waals surface area contributed by atoms with Crippen LogP contribution in [0.15, 0.2) is 53.5 Å². The predicted octanol–water partition coefficient (Wildman–Crippen LogP) is 3.17. The zero-order valence-corrected chi connectivity index (χ0v) is 19.6. The highest BCUT2D eigenvalue weighted by Crippen LogP contribution is 2.08. The summed E-state index contributed by atoms with van der Waals surface area (Å²) in [5, 5.41) is 9.48. The fourth-order valence-electron chi connectivity index (χ4n) is 2.96. The van der Waals surface area contributed by atoms with Gasteiger partial charge in [-0.2, -0.15) is 0 Å². The maximum atomic E-state index is 12.1. The van der Waals surface area contributed by atoms with Crippen molar-refractivity contribution in [2.75, 3.05) is 27.2 Å². The average molecular weight is 438 g/mol. The van der Waals surface area contributed by atoms with E-state index in [0.717, 1.165) is 30.5 Å². The number of amides is 2. The maximum Gasteiger partial charge on any atom is 0.253 e. The molecule has 0 unspecified atom stereocenters. The number of carbonyl (C=O) groups is 2. The Balaban J connectivity index is 1.92. The monoisotopic (exact) mass is 437 g/mol. The standard InChI is InChI=1S/C25H35N5O2/c1-5-7-16-27-23(31)21-12-8-19(9-13-21)17-28-25(26-6-2)29-18-20-10-14-22(15-11-20)24(32)30(3)4/h8-15H,5-7,16-18H2,1-4H3,(H,27,31)(H2,26,28,29). The summed E-state index contributed by atoms with van der Waals surface area (Å²) in [6, 6.07) is 15.1. The number of nitrogens with one attached hydrogen (secondary N) is 3. The zero-order valence-electron chi connectivity index (χ0n) is 19.6. The number of carbonyl (C=O) groups excluding carboxylic acids is 2. The minimum absolute atomic E-state index is 0.0103. The minimum atomic E-state index is -0.0400. The third kappa shape index (κ3) is 8.06. The van der Waals surface area contributed by atoms with Gasteiger partial charge < -0.3 is 20.9 Å². The number of nitrogens with zero attached hydrogens (tertiary/aromatic N) is 2. The summed E-state index contributed by atoms with van der Waals surface area (Å²) in [4.78, 5) is 30.3. The third-order valence-electron chi connectivity index (χ3n) is 4.86. The van der Waals surface area contributed by atoms with E-state index in [9.17, 15) is 9.59 Å². The van der Waals surface area contributed by atoms with Gasteiger partial charge in [0.25, 0.3) is 11.8 Å². The lowest BCUT2D eigenvalue weighted by atomic mass is 10.1. The SMILES string of the molecule is CCCCNC(=O)c1ccc(CN=C(NCC)NCc2ccc(C(=O)N(C)C)cc2)cc1. The molecule has 0 fully saturated rings. The summed E-state index contributed by atoms with van der Waals surface area (Å²) in [6.07, 6.45) is 2.04. The number of benzene rings is 2. The first-order valence-electron chi connectivity index (χ1n) is 11.1. The van der Waals surface area contributed by atoms with Crippen LogP contribution in [0.3, 0.4) is 0 Å². The summed E-state index contributed by atoms with van der Waals surface area (Å²) < 4.78 is 0. The molecule has 7 nitrogen and oxygen atoms in total. The quantitative estimate of drug-likeness (QED) is 0.303. The molecule has 32 heavy (non-hydrogen) atoms. The molecule has 0 radical (unpaired) electrons. The van der Waals surface area contributed by atoms with E-state index < -0.39 is 0 Å². The van der Waals surface area contributed by atoms with E-state index in [1.54, 1.807) is 19.0 Å². The first-order valence-corrected chi connectivity index (χ1v) is 11.1. The summed E-state index contributed by atoms with van der Waals surface area (Å²) >= 11 is 0. The van der Waals surface area contributed by atoms with Crippen molar-refractivity contribution in [1.29, 1.82) is 0 Å². The Labute approximate surface area is 191 Å². The molecule has 0 saturated carbocycles. The number of hydrogen-bond donors (Lipinski definition) is 3. The van der Waals surface area contributed by atoms with Crippen molar-refractivity contribution in [3.8, 4) is 0 Å². The molecule has 2 aromatic rings. The Kier molecular flexibility index (Phi) is 10.2. The molecular formula is C25H35N5O2. The fraction of sp³-hybridized carbons (Fsp3) is 0.400. The molecule has 2 rings (SSSR count). The Morgan fingerprint density at radius 3 is 2.06 bits per heavy atom. The molecule has 0 aliphatic rings. The number of hydrogen-bond acceptors (Lipinski definition) is 3. The molecular weight excluding hydrogens is 402 g/mol. The van der Waals surface area contributed by atoms with Crippen LogP contribution in [0.25, 0.3) is 0 Å².